The second kappa shape index (κ2) is 8.13. The first kappa shape index (κ1) is 18.1. The molecule has 0 saturated carbocycles. The van der Waals surface area contributed by atoms with E-state index in [0.29, 0.717) is 5.82 Å². The van der Waals surface area contributed by atoms with Crippen molar-refractivity contribution in [3.8, 4) is 0 Å². The molecule has 2 amide bonds. The molecule has 1 heterocycles. The highest BCUT2D eigenvalue weighted by molar-refractivity contribution is 6.39. The zero-order valence-corrected chi connectivity index (χ0v) is 15.3. The maximum atomic E-state index is 12.3. The summed E-state index contributed by atoms with van der Waals surface area (Å²) in [7, 11) is 0. The van der Waals surface area contributed by atoms with Gasteiger partial charge in [0.25, 0.3) is 0 Å². The van der Waals surface area contributed by atoms with Crippen LogP contribution in [0.4, 0.5) is 5.82 Å². The molecule has 2 aromatic rings. The van der Waals surface area contributed by atoms with E-state index >= 15 is 0 Å². The highest BCUT2D eigenvalue weighted by Crippen LogP contribution is 2.26. The number of amides is 2. The van der Waals surface area contributed by atoms with Crippen LogP contribution in [0.5, 0.6) is 0 Å². The van der Waals surface area contributed by atoms with Gasteiger partial charge in [-0.05, 0) is 73.4 Å². The van der Waals surface area contributed by atoms with E-state index in [4.69, 9.17) is 0 Å². The number of fused-ring (bicyclic) bond motifs is 1. The van der Waals surface area contributed by atoms with Crippen molar-refractivity contribution in [3.05, 3.63) is 58.8 Å². The Labute approximate surface area is 154 Å². The van der Waals surface area contributed by atoms with Gasteiger partial charge in [0.05, 0.1) is 6.04 Å². The molecule has 1 aromatic heterocycles. The van der Waals surface area contributed by atoms with Gasteiger partial charge in [-0.15, -0.1) is 0 Å². The molecule has 0 aliphatic heterocycles. The number of pyridine rings is 1. The second-order valence-electron chi connectivity index (χ2n) is 6.84. The van der Waals surface area contributed by atoms with Gasteiger partial charge in [0.2, 0.25) is 0 Å². The molecule has 1 aliphatic rings. The molecule has 5 heteroatoms. The third kappa shape index (κ3) is 4.28. The van der Waals surface area contributed by atoms with Crippen molar-refractivity contribution in [2.75, 3.05) is 5.32 Å². The van der Waals surface area contributed by atoms with Gasteiger partial charge in [-0.1, -0.05) is 25.1 Å². The van der Waals surface area contributed by atoms with E-state index in [-0.39, 0.29) is 6.04 Å². The number of aryl methyl sites for hydroxylation is 3. The minimum atomic E-state index is -0.695. The summed E-state index contributed by atoms with van der Waals surface area (Å²) in [5, 5.41) is 5.40. The van der Waals surface area contributed by atoms with E-state index in [0.717, 1.165) is 30.4 Å². The molecule has 0 radical (unpaired) electrons. The molecule has 3 rings (SSSR count). The molecule has 1 aliphatic carbocycles. The number of nitrogens with one attached hydrogen (secondary N) is 2. The zero-order valence-electron chi connectivity index (χ0n) is 15.3. The number of hydrogen-bond donors (Lipinski definition) is 2. The van der Waals surface area contributed by atoms with E-state index in [9.17, 15) is 9.59 Å². The minimum absolute atomic E-state index is 0.175. The van der Waals surface area contributed by atoms with Gasteiger partial charge in [0.1, 0.15) is 5.82 Å². The van der Waals surface area contributed by atoms with Gasteiger partial charge in [0, 0.05) is 6.20 Å². The average Bonchev–Trinajstić information content (AvgIpc) is 2.65. The van der Waals surface area contributed by atoms with E-state index in [2.05, 4.69) is 33.8 Å². The Bertz CT molecular complexity index is 817. The summed E-state index contributed by atoms with van der Waals surface area (Å²) in [4.78, 5) is 28.5. The molecule has 0 saturated heterocycles. The molecule has 1 atom stereocenters. The summed E-state index contributed by atoms with van der Waals surface area (Å²) >= 11 is 0. The largest absolute Gasteiger partial charge is 0.341 e. The third-order valence-electron chi connectivity index (χ3n) is 4.85. The highest BCUT2D eigenvalue weighted by atomic mass is 16.2. The molecular formula is C21H25N3O2. The van der Waals surface area contributed by atoms with Crippen molar-refractivity contribution in [1.82, 2.24) is 10.3 Å². The Kier molecular flexibility index (Phi) is 5.66. The minimum Gasteiger partial charge on any atom is -0.341 e. The number of carbonyl (C=O) groups excluding carboxylic acids is 2. The zero-order chi connectivity index (χ0) is 18.5. The van der Waals surface area contributed by atoms with Crippen LogP contribution in [0.2, 0.25) is 0 Å². The summed E-state index contributed by atoms with van der Waals surface area (Å²) in [6, 6.07) is 9.80. The van der Waals surface area contributed by atoms with Crippen molar-refractivity contribution in [2.24, 2.45) is 0 Å². The fourth-order valence-electron chi connectivity index (χ4n) is 3.39. The van der Waals surface area contributed by atoms with Crippen LogP contribution >= 0.6 is 0 Å². The number of aromatic nitrogens is 1. The lowest BCUT2D eigenvalue weighted by atomic mass is 9.89. The number of benzene rings is 1. The smallest absolute Gasteiger partial charge is 0.314 e. The van der Waals surface area contributed by atoms with Gasteiger partial charge in [-0.25, -0.2) is 4.98 Å². The topological polar surface area (TPSA) is 71.1 Å². The number of nitrogens with zero attached hydrogens (tertiary/aromatic N) is 1. The number of carbonyl (C=O) groups is 2. The first-order chi connectivity index (χ1) is 12.6. The molecule has 0 fully saturated rings. The van der Waals surface area contributed by atoms with Crippen LogP contribution < -0.4 is 10.6 Å². The average molecular weight is 351 g/mol. The lowest BCUT2D eigenvalue weighted by molar-refractivity contribution is -0.136. The van der Waals surface area contributed by atoms with Crippen molar-refractivity contribution >= 4 is 17.6 Å². The van der Waals surface area contributed by atoms with Gasteiger partial charge < -0.3 is 10.6 Å². The van der Waals surface area contributed by atoms with Gasteiger partial charge in [-0.3, -0.25) is 9.59 Å². The SMILES string of the molecule is CCC(NC(=O)C(=O)Nc1cc(C)ccn1)c1ccc2c(c1)CCCC2. The van der Waals surface area contributed by atoms with Crippen LogP contribution in [0, 0.1) is 6.92 Å². The second-order valence-corrected chi connectivity index (χ2v) is 6.84. The van der Waals surface area contributed by atoms with E-state index in [1.807, 2.05) is 19.9 Å². The molecule has 5 nitrogen and oxygen atoms in total. The first-order valence-electron chi connectivity index (χ1n) is 9.23. The summed E-state index contributed by atoms with van der Waals surface area (Å²) in [5.41, 5.74) is 4.80. The van der Waals surface area contributed by atoms with Crippen LogP contribution in [-0.2, 0) is 22.4 Å². The lowest BCUT2D eigenvalue weighted by Gasteiger charge is -2.21. The Morgan fingerprint density at radius 3 is 2.58 bits per heavy atom. The Morgan fingerprint density at radius 1 is 1.08 bits per heavy atom. The molecular weight excluding hydrogens is 326 g/mol. The molecule has 0 spiro atoms. The third-order valence-corrected chi connectivity index (χ3v) is 4.85. The van der Waals surface area contributed by atoms with Crippen LogP contribution in [0.1, 0.15) is 54.5 Å². The fourth-order valence-corrected chi connectivity index (χ4v) is 3.39. The summed E-state index contributed by atoms with van der Waals surface area (Å²) < 4.78 is 0. The molecule has 1 unspecified atom stereocenters. The number of anilines is 1. The van der Waals surface area contributed by atoms with Crippen LogP contribution in [0.25, 0.3) is 0 Å². The highest BCUT2D eigenvalue weighted by Gasteiger charge is 2.20. The van der Waals surface area contributed by atoms with Crippen LogP contribution in [0.15, 0.2) is 36.5 Å². The van der Waals surface area contributed by atoms with Gasteiger partial charge in [0.15, 0.2) is 0 Å². The molecule has 1 aromatic carbocycles. The quantitative estimate of drug-likeness (QED) is 0.829. The Hall–Kier alpha value is -2.69. The van der Waals surface area contributed by atoms with Crippen molar-refractivity contribution in [3.63, 3.8) is 0 Å². The maximum absolute atomic E-state index is 12.3. The van der Waals surface area contributed by atoms with Crippen LogP contribution in [-0.4, -0.2) is 16.8 Å². The maximum Gasteiger partial charge on any atom is 0.314 e. The van der Waals surface area contributed by atoms with Crippen LogP contribution in [0.3, 0.4) is 0 Å². The van der Waals surface area contributed by atoms with Gasteiger partial charge >= 0.3 is 11.8 Å². The summed E-state index contributed by atoms with van der Waals surface area (Å²) in [5.74, 6) is -0.954. The molecule has 2 N–H and O–H groups in total. The fraction of sp³-hybridized carbons (Fsp3) is 0.381. The summed E-state index contributed by atoms with van der Waals surface area (Å²) in [6.45, 7) is 3.91. The van der Waals surface area contributed by atoms with Gasteiger partial charge in [-0.2, -0.15) is 0 Å². The number of hydrogen-bond acceptors (Lipinski definition) is 3. The number of rotatable bonds is 4. The first-order valence-corrected chi connectivity index (χ1v) is 9.23. The monoisotopic (exact) mass is 351 g/mol. The predicted octanol–water partition coefficient (Wildman–Crippen LogP) is 3.47. The van der Waals surface area contributed by atoms with Crippen molar-refractivity contribution in [1.29, 1.82) is 0 Å². The Morgan fingerprint density at radius 2 is 1.85 bits per heavy atom. The van der Waals surface area contributed by atoms with E-state index in [1.54, 1.807) is 12.3 Å². The lowest BCUT2D eigenvalue weighted by Crippen LogP contribution is -2.37. The molecule has 0 bridgehead atoms. The normalized spacial score (nSPS) is 14.2. The van der Waals surface area contributed by atoms with Crippen molar-refractivity contribution in [2.45, 2.75) is 52.0 Å². The van der Waals surface area contributed by atoms with E-state index in [1.165, 1.54) is 24.0 Å². The molecule has 136 valence electrons. The predicted molar refractivity (Wildman–Crippen MR) is 102 cm³/mol. The Balaban J connectivity index is 1.67. The van der Waals surface area contributed by atoms with E-state index < -0.39 is 11.8 Å². The summed E-state index contributed by atoms with van der Waals surface area (Å²) in [6.07, 6.45) is 7.00. The van der Waals surface area contributed by atoms with Crippen molar-refractivity contribution < 1.29 is 9.59 Å². The standard InChI is InChI=1S/C21H25N3O2/c1-3-18(17-9-8-15-6-4-5-7-16(15)13-17)23-20(25)21(26)24-19-12-14(2)10-11-22-19/h8-13,18H,3-7H2,1-2H3,(H,23,25)(H,22,24,26). The molecule has 26 heavy (non-hydrogen) atoms.